The number of amides is 3. The Bertz CT molecular complexity index is 997. The van der Waals surface area contributed by atoms with Crippen molar-refractivity contribution in [1.82, 2.24) is 25.6 Å². The van der Waals surface area contributed by atoms with Crippen LogP contribution in [0.25, 0.3) is 0 Å². The average Bonchev–Trinajstić information content (AvgIpc) is 3.39. The van der Waals surface area contributed by atoms with E-state index in [9.17, 15) is 14.4 Å². The second kappa shape index (κ2) is 9.33. The van der Waals surface area contributed by atoms with E-state index in [0.717, 1.165) is 35.4 Å². The molecule has 4 rings (SSSR count). The van der Waals surface area contributed by atoms with Crippen LogP contribution >= 0.6 is 22.9 Å². The molecule has 1 saturated heterocycles. The van der Waals surface area contributed by atoms with Gasteiger partial charge >= 0.3 is 0 Å². The molecule has 2 N–H and O–H groups in total. The Morgan fingerprint density at radius 1 is 1.32 bits per heavy atom. The number of fused-ring (bicyclic) bond motifs is 2. The maximum atomic E-state index is 13.3. The van der Waals surface area contributed by atoms with Gasteiger partial charge in [-0.25, -0.2) is 9.99 Å². The van der Waals surface area contributed by atoms with E-state index in [1.54, 1.807) is 5.01 Å². The second-order valence-corrected chi connectivity index (χ2v) is 8.84. The van der Waals surface area contributed by atoms with Crippen LogP contribution in [0.1, 0.15) is 46.6 Å². The van der Waals surface area contributed by atoms with Gasteiger partial charge in [0.05, 0.1) is 11.4 Å². The molecular weight excluding hydrogens is 438 g/mol. The fourth-order valence-corrected chi connectivity index (χ4v) is 4.93. The quantitative estimate of drug-likeness (QED) is 0.688. The SMILES string of the molecule is CC[C@H](CNC(=O)c1scnc1Cl)C(=O)N[C@@H]1C(=O)N2CCCN2Cc2ccccc21. The highest BCUT2D eigenvalue weighted by Crippen LogP contribution is 2.30. The van der Waals surface area contributed by atoms with E-state index in [-0.39, 0.29) is 29.4 Å². The molecule has 0 aliphatic carbocycles. The number of carbonyl (C=O) groups excluding carboxylic acids is 3. The maximum Gasteiger partial charge on any atom is 0.264 e. The zero-order chi connectivity index (χ0) is 22.0. The highest BCUT2D eigenvalue weighted by molar-refractivity contribution is 7.12. The summed E-state index contributed by atoms with van der Waals surface area (Å²) in [6, 6.07) is 6.99. The Hall–Kier alpha value is -2.49. The smallest absolute Gasteiger partial charge is 0.264 e. The molecule has 1 fully saturated rings. The molecule has 0 radical (unpaired) electrons. The number of thiazole rings is 1. The van der Waals surface area contributed by atoms with Gasteiger partial charge in [0.1, 0.15) is 10.9 Å². The standard InChI is InChI=1S/C21H24ClN5O3S/c1-2-13(10-23-20(29)17-18(22)24-12-31-17)19(28)25-16-15-7-4-3-6-14(15)11-26-8-5-9-27(26)21(16)30/h3-4,6-7,12-13,16H,2,5,8-11H2,1H3,(H,23,29)(H,25,28)/t13-,16+/m1/s1. The zero-order valence-electron chi connectivity index (χ0n) is 17.1. The lowest BCUT2D eigenvalue weighted by atomic mass is 9.98. The lowest BCUT2D eigenvalue weighted by molar-refractivity contribution is -0.148. The van der Waals surface area contributed by atoms with Crippen molar-refractivity contribution in [2.45, 2.75) is 32.4 Å². The summed E-state index contributed by atoms with van der Waals surface area (Å²) in [6.07, 6.45) is 1.43. The first kappa shape index (κ1) is 21.7. The van der Waals surface area contributed by atoms with Crippen LogP contribution in [-0.4, -0.2) is 52.4 Å². The van der Waals surface area contributed by atoms with Gasteiger partial charge in [-0.05, 0) is 24.0 Å². The number of aromatic nitrogens is 1. The van der Waals surface area contributed by atoms with Crippen molar-refractivity contribution in [1.29, 1.82) is 0 Å². The largest absolute Gasteiger partial charge is 0.350 e. The predicted octanol–water partition coefficient (Wildman–Crippen LogP) is 2.37. The third kappa shape index (κ3) is 4.44. The highest BCUT2D eigenvalue weighted by Gasteiger charge is 2.38. The van der Waals surface area contributed by atoms with E-state index >= 15 is 0 Å². The summed E-state index contributed by atoms with van der Waals surface area (Å²) in [4.78, 5) is 42.9. The number of halogens is 1. The molecule has 1 aromatic carbocycles. The van der Waals surface area contributed by atoms with Gasteiger partial charge in [-0.2, -0.15) is 0 Å². The number of nitrogens with zero attached hydrogens (tertiary/aromatic N) is 3. The van der Waals surface area contributed by atoms with Gasteiger partial charge < -0.3 is 10.6 Å². The van der Waals surface area contributed by atoms with E-state index in [4.69, 9.17) is 11.6 Å². The Balaban J connectivity index is 1.48. The summed E-state index contributed by atoms with van der Waals surface area (Å²) in [5.41, 5.74) is 3.36. The van der Waals surface area contributed by atoms with Crippen LogP contribution in [0.2, 0.25) is 5.15 Å². The molecule has 2 aliphatic heterocycles. The van der Waals surface area contributed by atoms with Crippen LogP contribution in [-0.2, 0) is 16.1 Å². The molecule has 164 valence electrons. The van der Waals surface area contributed by atoms with Gasteiger partial charge in [0.15, 0.2) is 5.15 Å². The van der Waals surface area contributed by atoms with Crippen molar-refractivity contribution in [3.63, 3.8) is 0 Å². The monoisotopic (exact) mass is 461 g/mol. The molecule has 3 heterocycles. The zero-order valence-corrected chi connectivity index (χ0v) is 18.7. The molecule has 0 bridgehead atoms. The van der Waals surface area contributed by atoms with E-state index < -0.39 is 12.0 Å². The van der Waals surface area contributed by atoms with Crippen molar-refractivity contribution in [2.24, 2.45) is 5.92 Å². The second-order valence-electron chi connectivity index (χ2n) is 7.63. The third-order valence-electron chi connectivity index (χ3n) is 5.74. The van der Waals surface area contributed by atoms with Crippen LogP contribution in [0, 0.1) is 5.92 Å². The first-order valence-electron chi connectivity index (χ1n) is 10.3. The number of carbonyl (C=O) groups is 3. The molecule has 31 heavy (non-hydrogen) atoms. The molecule has 2 aliphatic rings. The summed E-state index contributed by atoms with van der Waals surface area (Å²) in [5, 5.41) is 9.66. The molecule has 0 saturated carbocycles. The first-order chi connectivity index (χ1) is 15.0. The van der Waals surface area contributed by atoms with Gasteiger partial charge in [-0.1, -0.05) is 42.8 Å². The summed E-state index contributed by atoms with van der Waals surface area (Å²) >= 11 is 7.06. The van der Waals surface area contributed by atoms with E-state index in [2.05, 4.69) is 15.6 Å². The normalized spacial score (nSPS) is 19.4. The number of hydrogen-bond donors (Lipinski definition) is 2. The number of benzene rings is 1. The maximum absolute atomic E-state index is 13.3. The van der Waals surface area contributed by atoms with Crippen molar-refractivity contribution in [3.05, 3.63) is 50.9 Å². The first-order valence-corrected chi connectivity index (χ1v) is 11.6. The Morgan fingerprint density at radius 2 is 2.13 bits per heavy atom. The van der Waals surface area contributed by atoms with Gasteiger partial charge in [-0.15, -0.1) is 11.3 Å². The molecule has 0 unspecified atom stereocenters. The Labute approximate surface area is 189 Å². The summed E-state index contributed by atoms with van der Waals surface area (Å²) in [7, 11) is 0. The number of hydrogen-bond acceptors (Lipinski definition) is 6. The third-order valence-corrected chi connectivity index (χ3v) is 6.96. The Morgan fingerprint density at radius 3 is 2.87 bits per heavy atom. The highest BCUT2D eigenvalue weighted by atomic mass is 35.5. The Kier molecular flexibility index (Phi) is 6.54. The number of nitrogens with one attached hydrogen (secondary N) is 2. The molecule has 2 aromatic rings. The van der Waals surface area contributed by atoms with Crippen molar-refractivity contribution in [3.8, 4) is 0 Å². The molecule has 1 aromatic heterocycles. The summed E-state index contributed by atoms with van der Waals surface area (Å²) in [6.45, 7) is 4.15. The molecule has 2 atom stereocenters. The summed E-state index contributed by atoms with van der Waals surface area (Å²) < 4.78 is 0. The number of rotatable bonds is 6. The van der Waals surface area contributed by atoms with Crippen LogP contribution < -0.4 is 10.6 Å². The summed E-state index contributed by atoms with van der Waals surface area (Å²) in [5.74, 6) is -1.22. The van der Waals surface area contributed by atoms with Gasteiger partial charge in [0.25, 0.3) is 11.8 Å². The average molecular weight is 462 g/mol. The molecule has 10 heteroatoms. The van der Waals surface area contributed by atoms with Gasteiger partial charge in [0, 0.05) is 26.2 Å². The molecule has 3 amide bonds. The van der Waals surface area contributed by atoms with E-state index in [1.165, 1.54) is 5.51 Å². The molecule has 0 spiro atoms. The minimum Gasteiger partial charge on any atom is -0.350 e. The van der Waals surface area contributed by atoms with Crippen LogP contribution in [0.3, 0.4) is 0 Å². The van der Waals surface area contributed by atoms with Crippen LogP contribution in [0.15, 0.2) is 29.8 Å². The van der Waals surface area contributed by atoms with Gasteiger partial charge in [0.2, 0.25) is 5.91 Å². The fourth-order valence-electron chi connectivity index (χ4n) is 4.02. The predicted molar refractivity (Wildman–Crippen MR) is 117 cm³/mol. The van der Waals surface area contributed by atoms with Gasteiger partial charge in [-0.3, -0.25) is 19.4 Å². The minimum atomic E-state index is -0.743. The van der Waals surface area contributed by atoms with E-state index in [0.29, 0.717) is 24.4 Å². The topological polar surface area (TPSA) is 94.6 Å². The lowest BCUT2D eigenvalue weighted by Crippen LogP contribution is -2.47. The van der Waals surface area contributed by atoms with Crippen LogP contribution in [0.5, 0.6) is 0 Å². The van der Waals surface area contributed by atoms with Crippen molar-refractivity contribution < 1.29 is 14.4 Å². The van der Waals surface area contributed by atoms with Crippen molar-refractivity contribution >= 4 is 40.7 Å². The van der Waals surface area contributed by atoms with E-state index in [1.807, 2.05) is 36.2 Å². The van der Waals surface area contributed by atoms with Crippen molar-refractivity contribution in [2.75, 3.05) is 19.6 Å². The number of hydrazine groups is 1. The molecule has 8 nitrogen and oxygen atoms in total. The minimum absolute atomic E-state index is 0.119. The lowest BCUT2D eigenvalue weighted by Gasteiger charge is -2.28. The molecular formula is C21H24ClN5O3S. The fraction of sp³-hybridized carbons (Fsp3) is 0.429. The van der Waals surface area contributed by atoms with Crippen LogP contribution in [0.4, 0.5) is 0 Å².